The molecule has 0 unspecified atom stereocenters. The summed E-state index contributed by atoms with van der Waals surface area (Å²) >= 11 is 0. The van der Waals surface area contributed by atoms with Crippen LogP contribution in [0.4, 0.5) is 5.69 Å². The third-order valence-corrected chi connectivity index (χ3v) is 5.65. The molecule has 0 radical (unpaired) electrons. The fourth-order valence-electron chi connectivity index (χ4n) is 3.60. The molecule has 2 aromatic rings. The van der Waals surface area contributed by atoms with Crippen molar-refractivity contribution >= 4 is 17.7 Å². The lowest BCUT2D eigenvalue weighted by Crippen LogP contribution is -2.52. The Balaban J connectivity index is 1.43. The van der Waals surface area contributed by atoms with E-state index in [0.717, 1.165) is 38.4 Å². The standard InChI is InChI=1S/C25H33N3O/c1-20(2)23-11-13-24(14-12-23)26-25(29)21(3)28-18-16-27(17-19-28)15-7-10-22-8-5-4-6-9-22/h4-14,20-21H,15-19H2,1-3H3,(H,26,29)/b10-7+/t21-/m1/s1. The van der Waals surface area contributed by atoms with E-state index < -0.39 is 0 Å². The molecule has 29 heavy (non-hydrogen) atoms. The number of rotatable bonds is 7. The van der Waals surface area contributed by atoms with Crippen LogP contribution in [-0.4, -0.2) is 54.5 Å². The van der Waals surface area contributed by atoms with E-state index in [1.54, 1.807) is 0 Å². The maximum Gasteiger partial charge on any atom is 0.241 e. The van der Waals surface area contributed by atoms with Gasteiger partial charge in [0.15, 0.2) is 0 Å². The molecule has 0 aromatic heterocycles. The number of anilines is 1. The summed E-state index contributed by atoms with van der Waals surface area (Å²) in [5, 5.41) is 3.06. The maximum atomic E-state index is 12.7. The lowest BCUT2D eigenvalue weighted by Gasteiger charge is -2.37. The topological polar surface area (TPSA) is 35.6 Å². The number of benzene rings is 2. The molecular formula is C25H33N3O. The molecule has 1 aliphatic rings. The maximum absolute atomic E-state index is 12.7. The molecule has 1 heterocycles. The molecule has 1 N–H and O–H groups in total. The number of nitrogens with one attached hydrogen (secondary N) is 1. The minimum Gasteiger partial charge on any atom is -0.325 e. The summed E-state index contributed by atoms with van der Waals surface area (Å²) in [5.74, 6) is 0.567. The van der Waals surface area contributed by atoms with E-state index in [-0.39, 0.29) is 11.9 Å². The van der Waals surface area contributed by atoms with Crippen LogP contribution >= 0.6 is 0 Å². The van der Waals surface area contributed by atoms with Crippen LogP contribution in [0.3, 0.4) is 0 Å². The van der Waals surface area contributed by atoms with Crippen molar-refractivity contribution in [1.29, 1.82) is 0 Å². The first-order chi connectivity index (χ1) is 14.0. The van der Waals surface area contributed by atoms with Crippen LogP contribution in [-0.2, 0) is 4.79 Å². The van der Waals surface area contributed by atoms with Gasteiger partial charge in [0.1, 0.15) is 0 Å². The van der Waals surface area contributed by atoms with Crippen LogP contribution in [0.5, 0.6) is 0 Å². The van der Waals surface area contributed by atoms with Crippen molar-refractivity contribution in [1.82, 2.24) is 9.80 Å². The Morgan fingerprint density at radius 2 is 1.62 bits per heavy atom. The quantitative estimate of drug-likeness (QED) is 0.756. The summed E-state index contributed by atoms with van der Waals surface area (Å²) in [7, 11) is 0. The molecule has 1 fully saturated rings. The van der Waals surface area contributed by atoms with Crippen molar-refractivity contribution in [3.05, 3.63) is 71.8 Å². The van der Waals surface area contributed by atoms with E-state index in [0.29, 0.717) is 5.92 Å². The Morgan fingerprint density at radius 1 is 0.966 bits per heavy atom. The summed E-state index contributed by atoms with van der Waals surface area (Å²) in [5.41, 5.74) is 3.39. The summed E-state index contributed by atoms with van der Waals surface area (Å²) in [6.45, 7) is 11.1. The lowest BCUT2D eigenvalue weighted by molar-refractivity contribution is -0.121. The monoisotopic (exact) mass is 391 g/mol. The van der Waals surface area contributed by atoms with Gasteiger partial charge in [-0.15, -0.1) is 0 Å². The highest BCUT2D eigenvalue weighted by molar-refractivity contribution is 5.94. The molecule has 2 aromatic carbocycles. The lowest BCUT2D eigenvalue weighted by atomic mass is 10.0. The van der Waals surface area contributed by atoms with Crippen molar-refractivity contribution in [3.63, 3.8) is 0 Å². The number of piperazine rings is 1. The predicted octanol–water partition coefficient (Wildman–Crippen LogP) is 4.47. The number of hydrogen-bond acceptors (Lipinski definition) is 3. The van der Waals surface area contributed by atoms with E-state index in [1.807, 2.05) is 25.1 Å². The van der Waals surface area contributed by atoms with Gasteiger partial charge in [-0.25, -0.2) is 0 Å². The van der Waals surface area contributed by atoms with Gasteiger partial charge in [0, 0.05) is 38.4 Å². The molecule has 1 amide bonds. The molecule has 1 aliphatic heterocycles. The smallest absolute Gasteiger partial charge is 0.241 e. The molecule has 0 saturated carbocycles. The van der Waals surface area contributed by atoms with Gasteiger partial charge in [-0.2, -0.15) is 0 Å². The molecule has 4 nitrogen and oxygen atoms in total. The molecule has 1 atom stereocenters. The van der Waals surface area contributed by atoms with Gasteiger partial charge >= 0.3 is 0 Å². The minimum atomic E-state index is -0.123. The zero-order valence-corrected chi connectivity index (χ0v) is 17.8. The highest BCUT2D eigenvalue weighted by Gasteiger charge is 2.25. The normalized spacial score (nSPS) is 17.0. The van der Waals surface area contributed by atoms with Crippen molar-refractivity contribution in [2.75, 3.05) is 38.0 Å². The minimum absolute atomic E-state index is 0.0692. The summed E-state index contributed by atoms with van der Waals surface area (Å²) < 4.78 is 0. The van der Waals surface area contributed by atoms with Crippen LogP contribution in [0.2, 0.25) is 0 Å². The van der Waals surface area contributed by atoms with Crippen LogP contribution in [0.15, 0.2) is 60.7 Å². The number of amides is 1. The molecule has 3 rings (SSSR count). The fraction of sp³-hybridized carbons (Fsp3) is 0.400. The number of hydrogen-bond donors (Lipinski definition) is 1. The Kier molecular flexibility index (Phi) is 7.62. The van der Waals surface area contributed by atoms with Gasteiger partial charge in [-0.05, 0) is 36.1 Å². The number of carbonyl (C=O) groups is 1. The second-order valence-corrected chi connectivity index (χ2v) is 8.09. The van der Waals surface area contributed by atoms with E-state index in [9.17, 15) is 4.79 Å². The van der Waals surface area contributed by atoms with Gasteiger partial charge in [0.05, 0.1) is 6.04 Å². The molecule has 0 bridgehead atoms. The molecule has 0 spiro atoms. The van der Waals surface area contributed by atoms with Crippen LogP contribution in [0, 0.1) is 0 Å². The first kappa shape index (κ1) is 21.3. The van der Waals surface area contributed by atoms with Crippen molar-refractivity contribution < 1.29 is 4.79 Å². The van der Waals surface area contributed by atoms with Gasteiger partial charge in [-0.3, -0.25) is 14.6 Å². The van der Waals surface area contributed by atoms with E-state index >= 15 is 0 Å². The molecule has 0 aliphatic carbocycles. The van der Waals surface area contributed by atoms with Gasteiger partial charge < -0.3 is 5.32 Å². The average Bonchev–Trinajstić information content (AvgIpc) is 2.75. The van der Waals surface area contributed by atoms with Crippen molar-refractivity contribution in [3.8, 4) is 0 Å². The molecule has 154 valence electrons. The number of nitrogens with zero attached hydrogens (tertiary/aromatic N) is 2. The van der Waals surface area contributed by atoms with Crippen molar-refractivity contribution in [2.45, 2.75) is 32.7 Å². The Bertz CT molecular complexity index is 791. The second-order valence-electron chi connectivity index (χ2n) is 8.09. The van der Waals surface area contributed by atoms with Gasteiger partial charge in [0.2, 0.25) is 5.91 Å². The van der Waals surface area contributed by atoms with Crippen LogP contribution in [0.1, 0.15) is 37.8 Å². The van der Waals surface area contributed by atoms with Gasteiger partial charge in [-0.1, -0.05) is 68.5 Å². The first-order valence-corrected chi connectivity index (χ1v) is 10.6. The van der Waals surface area contributed by atoms with Crippen molar-refractivity contribution in [2.24, 2.45) is 0 Å². The van der Waals surface area contributed by atoms with Crippen LogP contribution < -0.4 is 5.32 Å². The zero-order chi connectivity index (χ0) is 20.6. The third kappa shape index (κ3) is 6.28. The Hall–Kier alpha value is -2.43. The Labute approximate surface area is 175 Å². The predicted molar refractivity (Wildman–Crippen MR) is 122 cm³/mol. The number of carbonyl (C=O) groups excluding carboxylic acids is 1. The average molecular weight is 392 g/mol. The Morgan fingerprint density at radius 3 is 2.24 bits per heavy atom. The van der Waals surface area contributed by atoms with E-state index in [1.165, 1.54) is 11.1 Å². The summed E-state index contributed by atoms with van der Waals surface area (Å²) in [6.07, 6.45) is 4.40. The zero-order valence-electron chi connectivity index (χ0n) is 17.8. The molecular weight excluding hydrogens is 358 g/mol. The largest absolute Gasteiger partial charge is 0.325 e. The van der Waals surface area contributed by atoms with Crippen LogP contribution in [0.25, 0.3) is 6.08 Å². The summed E-state index contributed by atoms with van der Waals surface area (Å²) in [6, 6.07) is 18.4. The second kappa shape index (κ2) is 10.4. The van der Waals surface area contributed by atoms with E-state index in [2.05, 4.69) is 77.5 Å². The fourth-order valence-corrected chi connectivity index (χ4v) is 3.60. The molecule has 1 saturated heterocycles. The first-order valence-electron chi connectivity index (χ1n) is 10.6. The molecule has 4 heteroatoms. The SMILES string of the molecule is CC(C)c1ccc(NC(=O)[C@@H](C)N2CCN(C/C=C/c3ccccc3)CC2)cc1. The van der Waals surface area contributed by atoms with E-state index in [4.69, 9.17) is 0 Å². The van der Waals surface area contributed by atoms with Gasteiger partial charge in [0.25, 0.3) is 0 Å². The summed E-state index contributed by atoms with van der Waals surface area (Å²) in [4.78, 5) is 17.4. The highest BCUT2D eigenvalue weighted by atomic mass is 16.2. The highest BCUT2D eigenvalue weighted by Crippen LogP contribution is 2.18. The third-order valence-electron chi connectivity index (χ3n) is 5.65.